The molecule has 0 heterocycles. The molecule has 6 heteroatoms. The van der Waals surface area contributed by atoms with E-state index in [2.05, 4.69) is 4.72 Å². The first-order chi connectivity index (χ1) is 7.83. The van der Waals surface area contributed by atoms with Crippen molar-refractivity contribution in [1.82, 2.24) is 4.72 Å². The fourth-order valence-corrected chi connectivity index (χ4v) is 2.36. The van der Waals surface area contributed by atoms with Gasteiger partial charge in [0.2, 0.25) is 10.0 Å². The molecule has 0 radical (unpaired) electrons. The molecule has 17 heavy (non-hydrogen) atoms. The summed E-state index contributed by atoms with van der Waals surface area (Å²) in [6, 6.07) is 5.77. The minimum absolute atomic E-state index is 0.0193. The molecule has 0 bridgehead atoms. The summed E-state index contributed by atoms with van der Waals surface area (Å²) in [5, 5.41) is 9.02. The van der Waals surface area contributed by atoms with Gasteiger partial charge in [-0.25, -0.2) is 13.1 Å². The van der Waals surface area contributed by atoms with E-state index in [-0.39, 0.29) is 17.2 Å². The second-order valence-electron chi connectivity index (χ2n) is 3.78. The Morgan fingerprint density at radius 2 is 2.12 bits per heavy atom. The van der Waals surface area contributed by atoms with Crippen molar-refractivity contribution >= 4 is 15.8 Å². The number of aliphatic hydroxyl groups is 1. The topological polar surface area (TPSA) is 83.5 Å². The quantitative estimate of drug-likeness (QED) is 0.754. The average Bonchev–Trinajstić information content (AvgIpc) is 2.27. The van der Waals surface area contributed by atoms with E-state index in [0.29, 0.717) is 5.56 Å². The molecule has 1 aromatic carbocycles. The molecule has 1 rings (SSSR count). The predicted molar refractivity (Wildman–Crippen MR) is 63.3 cm³/mol. The van der Waals surface area contributed by atoms with Crippen LogP contribution in [0.1, 0.15) is 24.2 Å². The van der Waals surface area contributed by atoms with Gasteiger partial charge >= 0.3 is 0 Å². The largest absolute Gasteiger partial charge is 0.392 e. The molecule has 0 spiro atoms. The van der Waals surface area contributed by atoms with Crippen LogP contribution in [0.2, 0.25) is 0 Å². The molecule has 0 unspecified atom stereocenters. The van der Waals surface area contributed by atoms with Crippen molar-refractivity contribution < 1.29 is 18.3 Å². The van der Waals surface area contributed by atoms with Crippen molar-refractivity contribution in [3.05, 3.63) is 29.8 Å². The Balaban J connectivity index is 2.99. The highest BCUT2D eigenvalue weighted by Gasteiger charge is 2.15. The Kier molecular flexibility index (Phi) is 4.39. The van der Waals surface area contributed by atoms with E-state index in [1.54, 1.807) is 6.07 Å². The smallest absolute Gasteiger partial charge is 0.240 e. The van der Waals surface area contributed by atoms with Crippen molar-refractivity contribution in [2.45, 2.75) is 24.8 Å². The predicted octanol–water partition coefficient (Wildman–Crippen LogP) is 0.548. The van der Waals surface area contributed by atoms with E-state index in [9.17, 15) is 13.2 Å². The fraction of sp³-hybridized carbons (Fsp3) is 0.364. The van der Waals surface area contributed by atoms with Crippen molar-refractivity contribution in [2.75, 3.05) is 6.54 Å². The third kappa shape index (κ3) is 3.92. The summed E-state index contributed by atoms with van der Waals surface area (Å²) in [4.78, 5) is 11.2. The van der Waals surface area contributed by atoms with Gasteiger partial charge in [0.15, 0.2) is 5.78 Å². The minimum Gasteiger partial charge on any atom is -0.392 e. The van der Waals surface area contributed by atoms with E-state index in [1.807, 2.05) is 0 Å². The highest BCUT2D eigenvalue weighted by molar-refractivity contribution is 7.89. The third-order valence-corrected chi connectivity index (χ3v) is 3.54. The lowest BCUT2D eigenvalue weighted by Gasteiger charge is -2.08. The molecule has 94 valence electrons. The molecule has 2 N–H and O–H groups in total. The second kappa shape index (κ2) is 5.39. The third-order valence-electron chi connectivity index (χ3n) is 2.12. The molecule has 5 nitrogen and oxygen atoms in total. The van der Waals surface area contributed by atoms with Crippen LogP contribution in [0, 0.1) is 0 Å². The molecule has 0 aliphatic carbocycles. The molecule has 0 aliphatic rings. The van der Waals surface area contributed by atoms with Gasteiger partial charge in [0.25, 0.3) is 0 Å². The van der Waals surface area contributed by atoms with Gasteiger partial charge < -0.3 is 5.11 Å². The molecule has 1 aromatic rings. The zero-order valence-electron chi connectivity index (χ0n) is 9.67. The van der Waals surface area contributed by atoms with Crippen LogP contribution in [0.3, 0.4) is 0 Å². The van der Waals surface area contributed by atoms with Crippen LogP contribution in [0.15, 0.2) is 29.2 Å². The number of ketones is 1. The molecule has 0 aromatic heterocycles. The number of nitrogens with one attached hydrogen (secondary N) is 1. The number of benzene rings is 1. The second-order valence-corrected chi connectivity index (χ2v) is 5.55. The first kappa shape index (κ1) is 13.8. The molecule has 1 atom stereocenters. The van der Waals surface area contributed by atoms with Crippen molar-refractivity contribution in [3.8, 4) is 0 Å². The standard InChI is InChI=1S/C11H15NO4S/c1-8(13)7-12-17(15,16)11-5-3-4-10(6-11)9(2)14/h3-6,8,12-13H,7H2,1-2H3/t8-/m1/s1. The lowest BCUT2D eigenvalue weighted by molar-refractivity contribution is 0.101. The molecule has 0 saturated heterocycles. The van der Waals surface area contributed by atoms with Gasteiger partial charge in [-0.05, 0) is 26.0 Å². The summed E-state index contributed by atoms with van der Waals surface area (Å²) in [6.45, 7) is 2.79. The zero-order chi connectivity index (χ0) is 13.1. The van der Waals surface area contributed by atoms with E-state index >= 15 is 0 Å². The van der Waals surface area contributed by atoms with Crippen molar-refractivity contribution in [1.29, 1.82) is 0 Å². The Morgan fingerprint density at radius 3 is 2.65 bits per heavy atom. The Hall–Kier alpha value is -1.24. The average molecular weight is 257 g/mol. The number of carbonyl (C=O) groups excluding carboxylic acids is 1. The monoisotopic (exact) mass is 257 g/mol. The van der Waals surface area contributed by atoms with Crippen LogP contribution in [0.25, 0.3) is 0 Å². The Bertz CT molecular complexity index is 508. The number of carbonyl (C=O) groups is 1. The maximum atomic E-state index is 11.8. The van der Waals surface area contributed by atoms with Crippen LogP contribution in [-0.2, 0) is 10.0 Å². The maximum absolute atomic E-state index is 11.8. The van der Waals surface area contributed by atoms with Crippen LogP contribution in [-0.4, -0.2) is 32.0 Å². The Labute approximate surface area is 101 Å². The van der Waals surface area contributed by atoms with Gasteiger partial charge in [0.1, 0.15) is 0 Å². The van der Waals surface area contributed by atoms with Crippen LogP contribution in [0.4, 0.5) is 0 Å². The molecular weight excluding hydrogens is 242 g/mol. The summed E-state index contributed by atoms with van der Waals surface area (Å²) < 4.78 is 25.8. The van der Waals surface area contributed by atoms with Gasteiger partial charge in [-0.2, -0.15) is 0 Å². The highest BCUT2D eigenvalue weighted by Crippen LogP contribution is 2.11. The number of sulfonamides is 1. The Morgan fingerprint density at radius 1 is 1.47 bits per heavy atom. The van der Waals surface area contributed by atoms with E-state index in [0.717, 1.165) is 0 Å². The lowest BCUT2D eigenvalue weighted by atomic mass is 10.2. The molecule has 0 amide bonds. The van der Waals surface area contributed by atoms with Crippen LogP contribution in [0.5, 0.6) is 0 Å². The molecule has 0 saturated carbocycles. The summed E-state index contributed by atoms with van der Waals surface area (Å²) in [6.07, 6.45) is -0.763. The number of rotatable bonds is 5. The lowest BCUT2D eigenvalue weighted by Crippen LogP contribution is -2.30. The SMILES string of the molecule is CC(=O)c1cccc(S(=O)(=O)NC[C@@H](C)O)c1. The van der Waals surface area contributed by atoms with Crippen molar-refractivity contribution in [2.24, 2.45) is 0 Å². The van der Waals surface area contributed by atoms with E-state index in [1.165, 1.54) is 32.0 Å². The summed E-state index contributed by atoms with van der Waals surface area (Å²) in [5.41, 5.74) is 0.338. The number of aliphatic hydroxyl groups excluding tert-OH is 1. The van der Waals surface area contributed by atoms with Gasteiger partial charge in [-0.3, -0.25) is 4.79 Å². The first-order valence-electron chi connectivity index (χ1n) is 5.11. The van der Waals surface area contributed by atoms with Crippen LogP contribution < -0.4 is 4.72 Å². The fourth-order valence-electron chi connectivity index (χ4n) is 1.20. The van der Waals surface area contributed by atoms with Gasteiger partial charge in [-0.15, -0.1) is 0 Å². The zero-order valence-corrected chi connectivity index (χ0v) is 10.5. The summed E-state index contributed by atoms with van der Waals surface area (Å²) in [7, 11) is -3.67. The first-order valence-corrected chi connectivity index (χ1v) is 6.60. The molecule has 0 aliphatic heterocycles. The van der Waals surface area contributed by atoms with Gasteiger partial charge in [-0.1, -0.05) is 12.1 Å². The maximum Gasteiger partial charge on any atom is 0.240 e. The summed E-state index contributed by atoms with van der Waals surface area (Å²) in [5.74, 6) is -0.197. The minimum atomic E-state index is -3.67. The number of hydrogen-bond donors (Lipinski definition) is 2. The highest BCUT2D eigenvalue weighted by atomic mass is 32.2. The normalized spacial score (nSPS) is 13.4. The van der Waals surface area contributed by atoms with Gasteiger partial charge in [0.05, 0.1) is 11.0 Å². The number of hydrogen-bond acceptors (Lipinski definition) is 4. The van der Waals surface area contributed by atoms with E-state index in [4.69, 9.17) is 5.11 Å². The van der Waals surface area contributed by atoms with Crippen molar-refractivity contribution in [3.63, 3.8) is 0 Å². The van der Waals surface area contributed by atoms with E-state index < -0.39 is 16.1 Å². The van der Waals surface area contributed by atoms with Crippen LogP contribution >= 0.6 is 0 Å². The molecular formula is C11H15NO4S. The molecule has 0 fully saturated rings. The summed E-state index contributed by atoms with van der Waals surface area (Å²) >= 11 is 0. The number of Topliss-reactive ketones (excluding diaryl/α,β-unsaturated/α-hetero) is 1. The van der Waals surface area contributed by atoms with Gasteiger partial charge in [0, 0.05) is 12.1 Å².